The van der Waals surface area contributed by atoms with Gasteiger partial charge in [-0.1, -0.05) is 6.07 Å². The predicted octanol–water partition coefficient (Wildman–Crippen LogP) is 3.98. The number of alkyl halides is 2. The molecule has 0 aliphatic carbocycles. The molecular weight excluding hydrogens is 454 g/mol. The van der Waals surface area contributed by atoms with Crippen LogP contribution in [0.1, 0.15) is 42.5 Å². The molecule has 1 N–H and O–H groups in total. The van der Waals surface area contributed by atoms with Crippen molar-refractivity contribution >= 4 is 11.7 Å². The van der Waals surface area contributed by atoms with Gasteiger partial charge in [0.25, 0.3) is 0 Å². The summed E-state index contributed by atoms with van der Waals surface area (Å²) in [5.41, 5.74) is 3.34. The van der Waals surface area contributed by atoms with E-state index >= 15 is 0 Å². The van der Waals surface area contributed by atoms with Crippen LogP contribution in [0, 0.1) is 6.92 Å². The van der Waals surface area contributed by atoms with E-state index in [9.17, 15) is 13.6 Å². The van der Waals surface area contributed by atoms with E-state index in [4.69, 9.17) is 4.98 Å². The van der Waals surface area contributed by atoms with Crippen molar-refractivity contribution in [2.45, 2.75) is 51.2 Å². The highest BCUT2D eigenvalue weighted by molar-refractivity contribution is 5.84. The Labute approximate surface area is 201 Å². The number of carbonyl (C=O) groups is 1. The molecule has 2 atom stereocenters. The Hall–Kier alpha value is -3.69. The number of hydrogen-bond donors (Lipinski definition) is 1. The van der Waals surface area contributed by atoms with Gasteiger partial charge < -0.3 is 15.0 Å². The first-order valence-corrected chi connectivity index (χ1v) is 11.6. The molecule has 10 heteroatoms. The third-order valence-electron chi connectivity index (χ3n) is 6.86. The highest BCUT2D eigenvalue weighted by Crippen LogP contribution is 2.38. The number of aromatic nitrogens is 4. The quantitative estimate of drug-likeness (QED) is 0.591. The smallest absolute Gasteiger partial charge is 0.388 e. The Morgan fingerprint density at radius 1 is 1.20 bits per heavy atom. The van der Waals surface area contributed by atoms with Gasteiger partial charge >= 0.3 is 6.61 Å². The fourth-order valence-electron chi connectivity index (χ4n) is 4.89. The maximum absolute atomic E-state index is 13.2. The molecule has 1 saturated heterocycles. The first kappa shape index (κ1) is 23.1. The van der Waals surface area contributed by atoms with Crippen LogP contribution in [0.2, 0.25) is 0 Å². The molecule has 5 heterocycles. The lowest BCUT2D eigenvalue weighted by Gasteiger charge is -2.36. The lowest BCUT2D eigenvalue weighted by Crippen LogP contribution is -2.46. The summed E-state index contributed by atoms with van der Waals surface area (Å²) in [7, 11) is 0. The number of halogens is 2. The minimum Gasteiger partial charge on any atom is -0.417 e. The van der Waals surface area contributed by atoms with Crippen LogP contribution in [0.3, 0.4) is 0 Å². The van der Waals surface area contributed by atoms with Crippen molar-refractivity contribution in [3.63, 3.8) is 0 Å². The number of amides is 1. The van der Waals surface area contributed by atoms with E-state index in [0.717, 1.165) is 41.9 Å². The lowest BCUT2D eigenvalue weighted by atomic mass is 9.86. The molecule has 2 aliphatic heterocycles. The Morgan fingerprint density at radius 3 is 2.71 bits per heavy atom. The standard InChI is InChI=1S/C25H26F2N6O2/c1-15(18-4-5-20(30-13-18)35-24(26)27)23(34)33-11-8-25(14-33)7-6-17-12-19(16(2)31-21(17)32-25)22-28-9-3-10-29-22/h3-5,9-10,12-13,15,24H,6-8,11,14H2,1-2H3,(H,31,32). The van der Waals surface area contributed by atoms with Crippen LogP contribution in [0.4, 0.5) is 14.6 Å². The number of fused-ring (bicyclic) bond motifs is 1. The summed E-state index contributed by atoms with van der Waals surface area (Å²) in [5, 5.41) is 3.64. The Morgan fingerprint density at radius 2 is 2.00 bits per heavy atom. The number of nitrogens with one attached hydrogen (secondary N) is 1. The molecule has 1 amide bonds. The number of pyridine rings is 2. The Bertz CT molecular complexity index is 1220. The highest BCUT2D eigenvalue weighted by Gasteiger charge is 2.43. The molecule has 35 heavy (non-hydrogen) atoms. The second-order valence-electron chi connectivity index (χ2n) is 9.15. The summed E-state index contributed by atoms with van der Waals surface area (Å²) in [6.07, 6.45) is 7.43. The van der Waals surface area contributed by atoms with E-state index in [1.54, 1.807) is 31.5 Å². The molecule has 1 spiro atoms. The Kier molecular flexibility index (Phi) is 6.04. The first-order valence-electron chi connectivity index (χ1n) is 11.6. The summed E-state index contributed by atoms with van der Waals surface area (Å²) in [6.45, 7) is 2.05. The van der Waals surface area contributed by atoms with Crippen LogP contribution >= 0.6 is 0 Å². The fraction of sp³-hybridized carbons (Fsp3) is 0.400. The maximum Gasteiger partial charge on any atom is 0.388 e. The first-order chi connectivity index (χ1) is 16.8. The van der Waals surface area contributed by atoms with Crippen molar-refractivity contribution in [1.29, 1.82) is 0 Å². The molecular formula is C25H26F2N6O2. The minimum atomic E-state index is -2.93. The number of hydrogen-bond acceptors (Lipinski definition) is 7. The second kappa shape index (κ2) is 9.16. The molecule has 2 unspecified atom stereocenters. The summed E-state index contributed by atoms with van der Waals surface area (Å²) in [6, 6.07) is 6.87. The molecule has 3 aromatic rings. The number of carbonyl (C=O) groups excluding carboxylic acids is 1. The van der Waals surface area contributed by atoms with Crippen molar-refractivity contribution < 1.29 is 18.3 Å². The average molecular weight is 481 g/mol. The van der Waals surface area contributed by atoms with Gasteiger partial charge in [-0.05, 0) is 56.4 Å². The minimum absolute atomic E-state index is 0.0143. The lowest BCUT2D eigenvalue weighted by molar-refractivity contribution is -0.131. The van der Waals surface area contributed by atoms with Crippen LogP contribution in [0.25, 0.3) is 11.4 Å². The van der Waals surface area contributed by atoms with Crippen LogP contribution in [0.15, 0.2) is 42.9 Å². The van der Waals surface area contributed by atoms with Crippen LogP contribution in [0.5, 0.6) is 5.88 Å². The third-order valence-corrected chi connectivity index (χ3v) is 6.86. The van der Waals surface area contributed by atoms with Crippen molar-refractivity contribution in [3.05, 3.63) is 59.7 Å². The molecule has 1 fully saturated rings. The molecule has 182 valence electrons. The van der Waals surface area contributed by atoms with E-state index in [-0.39, 0.29) is 17.3 Å². The summed E-state index contributed by atoms with van der Waals surface area (Å²) >= 11 is 0. The van der Waals surface area contributed by atoms with Gasteiger partial charge in [0, 0.05) is 43.3 Å². The van der Waals surface area contributed by atoms with Gasteiger partial charge in [0.15, 0.2) is 5.82 Å². The van der Waals surface area contributed by atoms with Gasteiger partial charge in [0.2, 0.25) is 11.8 Å². The van der Waals surface area contributed by atoms with Gasteiger partial charge in [0.05, 0.1) is 17.2 Å². The van der Waals surface area contributed by atoms with Gasteiger partial charge in [-0.25, -0.2) is 19.9 Å². The molecule has 0 saturated carbocycles. The zero-order chi connectivity index (χ0) is 24.6. The van der Waals surface area contributed by atoms with Crippen LogP contribution < -0.4 is 10.1 Å². The Balaban J connectivity index is 1.28. The van der Waals surface area contributed by atoms with Gasteiger partial charge in [0.1, 0.15) is 5.82 Å². The van der Waals surface area contributed by atoms with Crippen LogP contribution in [-0.2, 0) is 11.2 Å². The molecule has 3 aromatic heterocycles. The molecule has 2 aliphatic rings. The fourth-order valence-corrected chi connectivity index (χ4v) is 4.89. The van der Waals surface area contributed by atoms with E-state index in [0.29, 0.717) is 24.5 Å². The van der Waals surface area contributed by atoms with Gasteiger partial charge in [-0.2, -0.15) is 8.78 Å². The SMILES string of the molecule is Cc1nc2c(cc1-c1ncccn1)CCC1(CCN(C(=O)C(C)c3ccc(OC(F)F)nc3)C1)N2. The van der Waals surface area contributed by atoms with E-state index in [1.807, 2.05) is 11.8 Å². The molecule has 0 radical (unpaired) electrons. The van der Waals surface area contributed by atoms with E-state index in [2.05, 4.69) is 31.1 Å². The summed E-state index contributed by atoms with van der Waals surface area (Å²) in [4.78, 5) is 32.5. The topological polar surface area (TPSA) is 93.1 Å². The number of aryl methyl sites for hydroxylation is 2. The number of anilines is 1. The zero-order valence-corrected chi connectivity index (χ0v) is 19.5. The normalized spacial score (nSPS) is 20.0. The number of nitrogens with zero attached hydrogens (tertiary/aromatic N) is 5. The molecule has 8 nitrogen and oxygen atoms in total. The molecule has 5 rings (SSSR count). The monoisotopic (exact) mass is 480 g/mol. The molecule has 0 aromatic carbocycles. The second-order valence-corrected chi connectivity index (χ2v) is 9.15. The van der Waals surface area contributed by atoms with Crippen molar-refractivity contribution in [2.24, 2.45) is 0 Å². The largest absolute Gasteiger partial charge is 0.417 e. The molecule has 0 bridgehead atoms. The number of likely N-dealkylation sites (tertiary alicyclic amines) is 1. The van der Waals surface area contributed by atoms with Crippen molar-refractivity contribution in [3.8, 4) is 17.3 Å². The summed E-state index contributed by atoms with van der Waals surface area (Å²) in [5.74, 6) is 0.894. The predicted molar refractivity (Wildman–Crippen MR) is 125 cm³/mol. The van der Waals surface area contributed by atoms with Crippen LogP contribution in [-0.4, -0.2) is 56.0 Å². The third kappa shape index (κ3) is 4.65. The highest BCUT2D eigenvalue weighted by atomic mass is 19.3. The van der Waals surface area contributed by atoms with Crippen molar-refractivity contribution in [1.82, 2.24) is 24.8 Å². The summed E-state index contributed by atoms with van der Waals surface area (Å²) < 4.78 is 29.0. The van der Waals surface area contributed by atoms with Gasteiger partial charge in [-0.3, -0.25) is 4.79 Å². The number of ether oxygens (including phenoxy) is 1. The average Bonchev–Trinajstić information content (AvgIpc) is 3.26. The number of rotatable bonds is 5. The van der Waals surface area contributed by atoms with E-state index in [1.165, 1.54) is 12.3 Å². The maximum atomic E-state index is 13.2. The van der Waals surface area contributed by atoms with E-state index < -0.39 is 12.5 Å². The van der Waals surface area contributed by atoms with Crippen molar-refractivity contribution in [2.75, 3.05) is 18.4 Å². The zero-order valence-electron chi connectivity index (χ0n) is 19.5. The van der Waals surface area contributed by atoms with Gasteiger partial charge in [-0.15, -0.1) is 0 Å².